The van der Waals surface area contributed by atoms with E-state index in [4.69, 9.17) is 5.73 Å². The van der Waals surface area contributed by atoms with Crippen LogP contribution < -0.4 is 11.1 Å². The van der Waals surface area contributed by atoms with Crippen molar-refractivity contribution in [3.8, 4) is 0 Å². The quantitative estimate of drug-likeness (QED) is 0.828. The minimum atomic E-state index is -0.143. The lowest BCUT2D eigenvalue weighted by Crippen LogP contribution is -2.20. The lowest BCUT2D eigenvalue weighted by molar-refractivity contribution is 0.0958. The van der Waals surface area contributed by atoms with Crippen LogP contribution in [-0.2, 0) is 10.8 Å². The van der Waals surface area contributed by atoms with E-state index in [1.165, 1.54) is 5.56 Å². The smallest absolute Gasteiger partial charge is 0.269 e. The van der Waals surface area contributed by atoms with Gasteiger partial charge in [0.15, 0.2) is 0 Å². The Morgan fingerprint density at radius 3 is 1.80 bits per heavy atom. The van der Waals surface area contributed by atoms with Crippen LogP contribution in [-0.4, -0.2) is 22.9 Å². The van der Waals surface area contributed by atoms with Crippen LogP contribution >= 0.6 is 0 Å². The zero-order valence-corrected chi connectivity index (χ0v) is 16.3. The maximum Gasteiger partial charge on any atom is 0.269 e. The molecule has 5 nitrogen and oxygen atoms in total. The molecule has 0 aliphatic heterocycles. The highest BCUT2D eigenvalue weighted by molar-refractivity contribution is 5.92. The molecule has 0 aliphatic rings. The molecule has 5 heteroatoms. The number of nitrogen functional groups attached to an aromatic ring is 1. The van der Waals surface area contributed by atoms with Crippen LogP contribution in [0.25, 0.3) is 0 Å². The van der Waals surface area contributed by atoms with E-state index in [0.717, 1.165) is 5.56 Å². The lowest BCUT2D eigenvalue weighted by atomic mass is 9.87. The minimum absolute atomic E-state index is 0.0473. The molecule has 0 fully saturated rings. The van der Waals surface area contributed by atoms with E-state index >= 15 is 0 Å². The number of anilines is 1. The highest BCUT2D eigenvalue weighted by atomic mass is 16.1. The second-order valence-electron chi connectivity index (χ2n) is 7.98. The Morgan fingerprint density at radius 2 is 1.40 bits per heavy atom. The summed E-state index contributed by atoms with van der Waals surface area (Å²) in [5, 5.41) is 2.56. The number of nitrogens with two attached hydrogens (primary N) is 1. The number of pyridine rings is 2. The SMILES string of the molecule is CC(C)(C)c1ccnc(N)c1.CNC(=O)c1cc(C(C)(C)C)ccn1. The van der Waals surface area contributed by atoms with Crippen LogP contribution in [0.15, 0.2) is 36.7 Å². The molecule has 136 valence electrons. The van der Waals surface area contributed by atoms with Gasteiger partial charge >= 0.3 is 0 Å². The molecule has 1 amide bonds. The zero-order valence-electron chi connectivity index (χ0n) is 16.3. The highest BCUT2D eigenvalue weighted by Crippen LogP contribution is 2.22. The second kappa shape index (κ2) is 8.10. The van der Waals surface area contributed by atoms with Crippen LogP contribution in [0, 0.1) is 0 Å². The molecule has 2 aromatic heterocycles. The van der Waals surface area contributed by atoms with Crippen molar-refractivity contribution in [3.05, 3.63) is 53.5 Å². The highest BCUT2D eigenvalue weighted by Gasteiger charge is 2.15. The fourth-order valence-corrected chi connectivity index (χ4v) is 2.06. The molecule has 0 unspecified atom stereocenters. The van der Waals surface area contributed by atoms with Gasteiger partial charge in [0.2, 0.25) is 0 Å². The first-order chi connectivity index (χ1) is 11.4. The van der Waals surface area contributed by atoms with Gasteiger partial charge in [0.05, 0.1) is 0 Å². The Bertz CT molecular complexity index is 712. The standard InChI is InChI=1S/C11H16N2O.C9H14N2/c1-11(2,3)8-5-6-13-9(7-8)10(14)12-4;1-9(2,3)7-4-5-11-8(10)6-7/h5-7H,1-4H3,(H,12,14);4-6H,1-3H3,(H2,10,11). The summed E-state index contributed by atoms with van der Waals surface area (Å²) in [7, 11) is 1.60. The number of rotatable bonds is 1. The molecule has 3 N–H and O–H groups in total. The van der Waals surface area contributed by atoms with E-state index < -0.39 is 0 Å². The molecule has 0 bridgehead atoms. The molecule has 2 heterocycles. The van der Waals surface area contributed by atoms with Gasteiger partial charge in [-0.2, -0.15) is 0 Å². The third-order valence-corrected chi connectivity index (χ3v) is 3.73. The van der Waals surface area contributed by atoms with Gasteiger partial charge in [-0.25, -0.2) is 4.98 Å². The van der Waals surface area contributed by atoms with Gasteiger partial charge in [-0.15, -0.1) is 0 Å². The Hall–Kier alpha value is -2.43. The molecule has 0 radical (unpaired) electrons. The monoisotopic (exact) mass is 342 g/mol. The average molecular weight is 342 g/mol. The van der Waals surface area contributed by atoms with Crippen molar-refractivity contribution in [2.45, 2.75) is 52.4 Å². The van der Waals surface area contributed by atoms with E-state index in [-0.39, 0.29) is 16.7 Å². The van der Waals surface area contributed by atoms with Crippen LogP contribution in [0.3, 0.4) is 0 Å². The van der Waals surface area contributed by atoms with Crippen molar-refractivity contribution in [2.75, 3.05) is 12.8 Å². The van der Waals surface area contributed by atoms with E-state index in [2.05, 4.69) is 56.8 Å². The number of amides is 1. The lowest BCUT2D eigenvalue weighted by Gasteiger charge is -2.18. The first-order valence-corrected chi connectivity index (χ1v) is 8.36. The van der Waals surface area contributed by atoms with Crippen molar-refractivity contribution >= 4 is 11.7 Å². The number of carbonyl (C=O) groups excluding carboxylic acids is 1. The van der Waals surface area contributed by atoms with Crippen LogP contribution in [0.4, 0.5) is 5.82 Å². The third kappa shape index (κ3) is 6.53. The number of nitrogens with zero attached hydrogens (tertiary/aromatic N) is 2. The molecule has 0 saturated heterocycles. The number of hydrogen-bond donors (Lipinski definition) is 2. The molecule has 0 aromatic carbocycles. The number of carbonyl (C=O) groups is 1. The summed E-state index contributed by atoms with van der Waals surface area (Å²) in [6.45, 7) is 12.8. The summed E-state index contributed by atoms with van der Waals surface area (Å²) in [6, 6.07) is 7.68. The summed E-state index contributed by atoms with van der Waals surface area (Å²) in [5.41, 5.74) is 8.57. The first kappa shape index (κ1) is 20.6. The maximum absolute atomic E-state index is 11.3. The molecule has 25 heavy (non-hydrogen) atoms. The summed E-state index contributed by atoms with van der Waals surface area (Å²) in [5.74, 6) is 0.452. The van der Waals surface area contributed by atoms with Crippen LogP contribution in [0.1, 0.15) is 63.2 Å². The van der Waals surface area contributed by atoms with Crippen molar-refractivity contribution in [1.29, 1.82) is 0 Å². The molecule has 0 atom stereocenters. The first-order valence-electron chi connectivity index (χ1n) is 8.36. The molecule has 0 saturated carbocycles. The molecule has 0 aliphatic carbocycles. The predicted octanol–water partition coefficient (Wildman–Crippen LogP) is 3.70. The van der Waals surface area contributed by atoms with Crippen molar-refractivity contribution in [3.63, 3.8) is 0 Å². The topological polar surface area (TPSA) is 80.9 Å². The summed E-state index contributed by atoms with van der Waals surface area (Å²) in [6.07, 6.45) is 3.42. The van der Waals surface area contributed by atoms with Gasteiger partial charge < -0.3 is 11.1 Å². The van der Waals surface area contributed by atoms with Gasteiger partial charge in [0, 0.05) is 19.4 Å². The molecule has 2 aromatic rings. The van der Waals surface area contributed by atoms with E-state index in [1.54, 1.807) is 19.4 Å². The Labute approximate surface area is 151 Å². The molecule has 2 rings (SSSR count). The number of hydrogen-bond acceptors (Lipinski definition) is 4. The Balaban J connectivity index is 0.000000257. The predicted molar refractivity (Wildman–Crippen MR) is 104 cm³/mol. The van der Waals surface area contributed by atoms with Crippen molar-refractivity contribution < 1.29 is 4.79 Å². The Morgan fingerprint density at radius 1 is 0.920 bits per heavy atom. The zero-order chi connectivity index (χ0) is 19.3. The number of nitrogens with one attached hydrogen (secondary N) is 1. The third-order valence-electron chi connectivity index (χ3n) is 3.73. The minimum Gasteiger partial charge on any atom is -0.384 e. The second-order valence-corrected chi connectivity index (χ2v) is 7.98. The van der Waals surface area contributed by atoms with Crippen molar-refractivity contribution in [2.24, 2.45) is 0 Å². The summed E-state index contributed by atoms with van der Waals surface area (Å²) < 4.78 is 0. The average Bonchev–Trinajstić information content (AvgIpc) is 2.53. The van der Waals surface area contributed by atoms with Crippen LogP contribution in [0.5, 0.6) is 0 Å². The summed E-state index contributed by atoms with van der Waals surface area (Å²) >= 11 is 0. The summed E-state index contributed by atoms with van der Waals surface area (Å²) in [4.78, 5) is 19.3. The van der Waals surface area contributed by atoms with Gasteiger partial charge in [-0.1, -0.05) is 41.5 Å². The Kier molecular flexibility index (Phi) is 6.68. The van der Waals surface area contributed by atoms with Gasteiger partial charge in [-0.05, 0) is 46.2 Å². The van der Waals surface area contributed by atoms with Crippen molar-refractivity contribution in [1.82, 2.24) is 15.3 Å². The normalized spacial score (nSPS) is 11.3. The molecule has 0 spiro atoms. The van der Waals surface area contributed by atoms with E-state index in [9.17, 15) is 4.79 Å². The fraction of sp³-hybridized carbons (Fsp3) is 0.450. The van der Waals surface area contributed by atoms with Gasteiger partial charge in [-0.3, -0.25) is 9.78 Å². The largest absolute Gasteiger partial charge is 0.384 e. The van der Waals surface area contributed by atoms with Gasteiger partial charge in [0.1, 0.15) is 11.5 Å². The van der Waals surface area contributed by atoms with E-state index in [1.807, 2.05) is 24.3 Å². The molecular weight excluding hydrogens is 312 g/mol. The fourth-order valence-electron chi connectivity index (χ4n) is 2.06. The van der Waals surface area contributed by atoms with Gasteiger partial charge in [0.25, 0.3) is 5.91 Å². The maximum atomic E-state index is 11.3. The molecular formula is C20H30N4O. The van der Waals surface area contributed by atoms with E-state index in [0.29, 0.717) is 11.5 Å². The number of aromatic nitrogens is 2. The van der Waals surface area contributed by atoms with Crippen LogP contribution in [0.2, 0.25) is 0 Å².